The van der Waals surface area contributed by atoms with Crippen LogP contribution in [0.4, 0.5) is 4.39 Å². The Balaban J connectivity index is 1.55. The first-order valence-corrected chi connectivity index (χ1v) is 11.7. The number of aliphatic hydroxyl groups is 1. The third-order valence-electron chi connectivity index (χ3n) is 5.85. The normalized spacial score (nSPS) is 12.9. The fourth-order valence-electron chi connectivity index (χ4n) is 3.92. The van der Waals surface area contributed by atoms with Gasteiger partial charge in [-0.2, -0.15) is 5.10 Å². The van der Waals surface area contributed by atoms with Crippen LogP contribution in [0.1, 0.15) is 42.9 Å². The Labute approximate surface area is 209 Å². The van der Waals surface area contributed by atoms with Gasteiger partial charge in [-0.1, -0.05) is 12.1 Å². The summed E-state index contributed by atoms with van der Waals surface area (Å²) in [6.07, 6.45) is 3.81. The number of carbonyl (C=O) groups excluding carboxylic acids is 1. The first-order chi connectivity index (χ1) is 17.1. The van der Waals surface area contributed by atoms with Gasteiger partial charge in [0.1, 0.15) is 17.3 Å². The van der Waals surface area contributed by atoms with E-state index in [4.69, 9.17) is 5.10 Å². The zero-order valence-corrected chi connectivity index (χ0v) is 20.4. The van der Waals surface area contributed by atoms with E-state index in [2.05, 4.69) is 10.3 Å². The second-order valence-electron chi connectivity index (χ2n) is 9.38. The monoisotopic (exact) mass is 488 g/mol. The molecular formula is C28H29FN4O3. The van der Waals surface area contributed by atoms with Crippen molar-refractivity contribution in [2.45, 2.75) is 38.8 Å². The Morgan fingerprint density at radius 1 is 1.11 bits per heavy atom. The number of amides is 1. The maximum absolute atomic E-state index is 13.5. The van der Waals surface area contributed by atoms with Crippen LogP contribution in [0.25, 0.3) is 22.4 Å². The van der Waals surface area contributed by atoms with Gasteiger partial charge in [0.2, 0.25) is 0 Å². The molecule has 0 spiro atoms. The van der Waals surface area contributed by atoms with Crippen LogP contribution in [0.5, 0.6) is 5.75 Å². The fraction of sp³-hybridized carbons (Fsp3) is 0.250. The van der Waals surface area contributed by atoms with Crippen molar-refractivity contribution in [3.63, 3.8) is 0 Å². The van der Waals surface area contributed by atoms with Crippen LogP contribution in [-0.2, 0) is 6.42 Å². The van der Waals surface area contributed by atoms with E-state index in [1.54, 1.807) is 37.4 Å². The molecule has 3 N–H and O–H groups in total. The lowest BCUT2D eigenvalue weighted by Crippen LogP contribution is -2.42. The van der Waals surface area contributed by atoms with E-state index in [1.165, 1.54) is 24.3 Å². The van der Waals surface area contributed by atoms with E-state index in [0.29, 0.717) is 5.69 Å². The summed E-state index contributed by atoms with van der Waals surface area (Å²) in [6.45, 7) is 5.65. The minimum Gasteiger partial charge on any atom is -0.507 e. The molecule has 0 radical (unpaired) electrons. The van der Waals surface area contributed by atoms with Gasteiger partial charge in [0.25, 0.3) is 5.91 Å². The highest BCUT2D eigenvalue weighted by Gasteiger charge is 2.24. The van der Waals surface area contributed by atoms with Crippen molar-refractivity contribution in [2.24, 2.45) is 0 Å². The smallest absolute Gasteiger partial charge is 0.255 e. The molecular weight excluding hydrogens is 459 g/mol. The van der Waals surface area contributed by atoms with Crippen molar-refractivity contribution in [1.29, 1.82) is 0 Å². The predicted molar refractivity (Wildman–Crippen MR) is 136 cm³/mol. The number of phenols is 1. The van der Waals surface area contributed by atoms with Crippen LogP contribution in [-0.4, -0.2) is 43.0 Å². The number of halogens is 1. The first kappa shape index (κ1) is 25.1. The Kier molecular flexibility index (Phi) is 7.17. The molecule has 1 atom stereocenters. The number of nitrogens with zero attached hydrogens (tertiary/aromatic N) is 3. The lowest BCUT2D eigenvalue weighted by atomic mass is 9.96. The summed E-state index contributed by atoms with van der Waals surface area (Å²) in [5.41, 5.74) is 2.74. The van der Waals surface area contributed by atoms with Crippen LogP contribution >= 0.6 is 0 Å². The number of benzene rings is 2. The summed E-state index contributed by atoms with van der Waals surface area (Å²) in [6, 6.07) is 16.3. The van der Waals surface area contributed by atoms with Gasteiger partial charge in [0.15, 0.2) is 0 Å². The molecule has 0 fully saturated rings. The van der Waals surface area contributed by atoms with E-state index in [9.17, 15) is 19.4 Å². The van der Waals surface area contributed by atoms with Gasteiger partial charge >= 0.3 is 0 Å². The molecule has 2 heterocycles. The molecule has 186 valence electrons. The van der Waals surface area contributed by atoms with Crippen LogP contribution in [0.15, 0.2) is 73.1 Å². The van der Waals surface area contributed by atoms with Gasteiger partial charge in [0.05, 0.1) is 11.2 Å². The van der Waals surface area contributed by atoms with Crippen molar-refractivity contribution in [2.75, 3.05) is 6.54 Å². The van der Waals surface area contributed by atoms with Gasteiger partial charge < -0.3 is 15.5 Å². The molecule has 0 saturated heterocycles. The minimum atomic E-state index is -1.28. The molecule has 2 aromatic carbocycles. The number of nitrogens with one attached hydrogen (secondary N) is 1. The molecule has 1 amide bonds. The third kappa shape index (κ3) is 5.78. The van der Waals surface area contributed by atoms with Gasteiger partial charge in [-0.25, -0.2) is 4.39 Å². The molecule has 1 unspecified atom stereocenters. The summed E-state index contributed by atoms with van der Waals surface area (Å²) in [5, 5.41) is 28.2. The Morgan fingerprint density at radius 2 is 1.83 bits per heavy atom. The number of carbonyl (C=O) groups is 1. The minimum absolute atomic E-state index is 0.0296. The summed E-state index contributed by atoms with van der Waals surface area (Å²) < 4.78 is 15.4. The number of hydrogen-bond acceptors (Lipinski definition) is 5. The number of hydrogen-bond donors (Lipinski definition) is 3. The van der Waals surface area contributed by atoms with E-state index in [-0.39, 0.29) is 36.1 Å². The fourth-order valence-corrected chi connectivity index (χ4v) is 3.92. The summed E-state index contributed by atoms with van der Waals surface area (Å²) in [5.74, 6) is -0.908. The zero-order chi connectivity index (χ0) is 25.9. The average molecular weight is 489 g/mol. The van der Waals surface area contributed by atoms with Gasteiger partial charge in [-0.05, 0) is 74.9 Å². The van der Waals surface area contributed by atoms with Crippen molar-refractivity contribution >= 4 is 5.91 Å². The molecule has 36 heavy (non-hydrogen) atoms. The molecule has 0 saturated carbocycles. The van der Waals surface area contributed by atoms with Crippen LogP contribution in [0.2, 0.25) is 0 Å². The molecule has 7 nitrogen and oxygen atoms in total. The molecule has 0 aliphatic heterocycles. The van der Waals surface area contributed by atoms with Crippen molar-refractivity contribution in [3.8, 4) is 28.1 Å². The van der Waals surface area contributed by atoms with Crippen LogP contribution in [0, 0.1) is 5.82 Å². The van der Waals surface area contributed by atoms with E-state index in [1.807, 2.05) is 36.9 Å². The van der Waals surface area contributed by atoms with Crippen LogP contribution < -0.4 is 5.32 Å². The largest absolute Gasteiger partial charge is 0.507 e. The zero-order valence-electron chi connectivity index (χ0n) is 20.4. The van der Waals surface area contributed by atoms with Crippen molar-refractivity contribution in [3.05, 3.63) is 90.1 Å². The van der Waals surface area contributed by atoms with Gasteiger partial charge in [-0.15, -0.1) is 0 Å². The SMILES string of the molecule is CC(C)n1cc(-c2ccnc(CC(C)(O)CNC(=O)c3ccccc3O)c2)c(-c2ccc(F)cc2)n1. The van der Waals surface area contributed by atoms with Crippen molar-refractivity contribution in [1.82, 2.24) is 20.1 Å². The van der Waals surface area contributed by atoms with Gasteiger partial charge in [0, 0.05) is 48.2 Å². The molecule has 4 rings (SSSR count). The highest BCUT2D eigenvalue weighted by molar-refractivity contribution is 5.96. The Bertz CT molecular complexity index is 1360. The molecule has 0 aliphatic rings. The molecule has 0 aliphatic carbocycles. The number of para-hydroxylation sites is 1. The highest BCUT2D eigenvalue weighted by atomic mass is 19.1. The second-order valence-corrected chi connectivity index (χ2v) is 9.38. The third-order valence-corrected chi connectivity index (χ3v) is 5.85. The molecule has 4 aromatic rings. The second kappa shape index (κ2) is 10.3. The lowest BCUT2D eigenvalue weighted by molar-refractivity contribution is 0.0544. The number of aromatic hydroxyl groups is 1. The number of rotatable bonds is 8. The van der Waals surface area contributed by atoms with Crippen LogP contribution in [0.3, 0.4) is 0 Å². The summed E-state index contributed by atoms with van der Waals surface area (Å²) >= 11 is 0. The van der Waals surface area contributed by atoms with E-state index in [0.717, 1.165) is 22.4 Å². The Morgan fingerprint density at radius 3 is 2.53 bits per heavy atom. The maximum atomic E-state index is 13.5. The Hall–Kier alpha value is -4.04. The molecule has 2 aromatic heterocycles. The highest BCUT2D eigenvalue weighted by Crippen LogP contribution is 2.32. The summed E-state index contributed by atoms with van der Waals surface area (Å²) in [7, 11) is 0. The number of pyridine rings is 1. The van der Waals surface area contributed by atoms with Crippen molar-refractivity contribution < 1.29 is 19.4 Å². The molecule has 0 bridgehead atoms. The van der Waals surface area contributed by atoms with E-state index < -0.39 is 11.5 Å². The molecule has 8 heteroatoms. The van der Waals surface area contributed by atoms with E-state index >= 15 is 0 Å². The topological polar surface area (TPSA) is 100 Å². The first-order valence-electron chi connectivity index (χ1n) is 11.7. The average Bonchev–Trinajstić information content (AvgIpc) is 3.29. The number of phenolic OH excluding ortho intramolecular Hbond substituents is 1. The van der Waals surface area contributed by atoms with Gasteiger partial charge in [-0.3, -0.25) is 14.5 Å². The number of aromatic nitrogens is 3. The quantitative estimate of drug-likeness (QED) is 0.332. The standard InChI is InChI=1S/C28H29FN4O3/c1-18(2)33-16-24(26(32-33)19-8-10-21(29)11-9-19)20-12-13-30-22(14-20)15-28(3,36)17-31-27(35)23-6-4-5-7-25(23)34/h4-14,16,18,34,36H,15,17H2,1-3H3,(H,31,35). The predicted octanol–water partition coefficient (Wildman–Crippen LogP) is 4.76. The summed E-state index contributed by atoms with van der Waals surface area (Å²) in [4.78, 5) is 16.8. The maximum Gasteiger partial charge on any atom is 0.255 e. The lowest BCUT2D eigenvalue weighted by Gasteiger charge is -2.23.